The molecule has 1 fully saturated rings. The van der Waals surface area contributed by atoms with Gasteiger partial charge in [0.25, 0.3) is 0 Å². The van der Waals surface area contributed by atoms with Crippen LogP contribution in [-0.2, 0) is 10.5 Å². The third-order valence-electron chi connectivity index (χ3n) is 3.35. The van der Waals surface area contributed by atoms with Gasteiger partial charge < -0.3 is 10.1 Å². The SMILES string of the molecule is COc1ccc(Cl)cc1NC(=O)CSCc1nnnn1C1CC1. The fourth-order valence-corrected chi connectivity index (χ4v) is 3.01. The van der Waals surface area contributed by atoms with Gasteiger partial charge in [0, 0.05) is 5.02 Å². The lowest BCUT2D eigenvalue weighted by Gasteiger charge is -2.10. The van der Waals surface area contributed by atoms with Gasteiger partial charge in [-0.25, -0.2) is 4.68 Å². The molecule has 2 aromatic rings. The van der Waals surface area contributed by atoms with E-state index >= 15 is 0 Å². The predicted octanol–water partition coefficient (Wildman–Crippen LogP) is 2.54. The van der Waals surface area contributed by atoms with E-state index in [1.165, 1.54) is 11.8 Å². The van der Waals surface area contributed by atoms with Gasteiger partial charge in [-0.2, -0.15) is 0 Å². The highest BCUT2D eigenvalue weighted by atomic mass is 35.5. The van der Waals surface area contributed by atoms with E-state index in [1.54, 1.807) is 25.3 Å². The van der Waals surface area contributed by atoms with Crippen molar-refractivity contribution in [2.75, 3.05) is 18.2 Å². The van der Waals surface area contributed by atoms with Crippen LogP contribution in [0.15, 0.2) is 18.2 Å². The molecule has 0 aliphatic heterocycles. The maximum absolute atomic E-state index is 12.1. The molecule has 1 aromatic carbocycles. The third kappa shape index (κ3) is 4.14. The quantitative estimate of drug-likeness (QED) is 0.823. The number of hydrogen-bond acceptors (Lipinski definition) is 6. The summed E-state index contributed by atoms with van der Waals surface area (Å²) in [6, 6.07) is 5.53. The van der Waals surface area contributed by atoms with E-state index in [0.29, 0.717) is 34.0 Å². The first kappa shape index (κ1) is 16.1. The van der Waals surface area contributed by atoms with Gasteiger partial charge in [0.2, 0.25) is 5.91 Å². The summed E-state index contributed by atoms with van der Waals surface area (Å²) in [6.45, 7) is 0. The first-order valence-electron chi connectivity index (χ1n) is 7.15. The number of hydrogen-bond donors (Lipinski definition) is 1. The Hall–Kier alpha value is -1.80. The number of halogens is 1. The second kappa shape index (κ2) is 7.18. The molecule has 23 heavy (non-hydrogen) atoms. The Bertz CT molecular complexity index is 704. The Kier molecular flexibility index (Phi) is 5.02. The number of amides is 1. The minimum Gasteiger partial charge on any atom is -0.495 e. The Morgan fingerprint density at radius 3 is 3.09 bits per heavy atom. The van der Waals surface area contributed by atoms with E-state index in [1.807, 2.05) is 4.68 Å². The molecule has 1 N–H and O–H groups in total. The number of aromatic nitrogens is 4. The molecule has 3 rings (SSSR count). The number of benzene rings is 1. The molecule has 1 aliphatic rings. The van der Waals surface area contributed by atoms with Crippen LogP contribution in [0.25, 0.3) is 0 Å². The Labute approximate surface area is 142 Å². The summed E-state index contributed by atoms with van der Waals surface area (Å²) >= 11 is 7.41. The van der Waals surface area contributed by atoms with Gasteiger partial charge in [0.1, 0.15) is 5.75 Å². The first-order valence-corrected chi connectivity index (χ1v) is 8.68. The van der Waals surface area contributed by atoms with Crippen molar-refractivity contribution in [2.45, 2.75) is 24.6 Å². The van der Waals surface area contributed by atoms with Crippen molar-refractivity contribution >= 4 is 35.0 Å². The van der Waals surface area contributed by atoms with Crippen LogP contribution in [0, 0.1) is 0 Å². The monoisotopic (exact) mass is 353 g/mol. The number of anilines is 1. The smallest absolute Gasteiger partial charge is 0.234 e. The Balaban J connectivity index is 1.52. The van der Waals surface area contributed by atoms with Crippen LogP contribution in [0.2, 0.25) is 5.02 Å². The van der Waals surface area contributed by atoms with Crippen LogP contribution < -0.4 is 10.1 Å². The van der Waals surface area contributed by atoms with Crippen LogP contribution in [0.5, 0.6) is 5.75 Å². The maximum atomic E-state index is 12.1. The molecule has 1 saturated carbocycles. The summed E-state index contributed by atoms with van der Waals surface area (Å²) in [7, 11) is 1.55. The van der Waals surface area contributed by atoms with Gasteiger partial charge in [-0.1, -0.05) is 11.6 Å². The van der Waals surface area contributed by atoms with Crippen molar-refractivity contribution in [3.05, 3.63) is 29.0 Å². The first-order chi connectivity index (χ1) is 11.2. The van der Waals surface area contributed by atoms with Gasteiger partial charge in [0.05, 0.1) is 30.3 Å². The zero-order valence-corrected chi connectivity index (χ0v) is 14.1. The van der Waals surface area contributed by atoms with Crippen LogP contribution in [0.1, 0.15) is 24.7 Å². The number of tetrazole rings is 1. The van der Waals surface area contributed by atoms with Crippen molar-refractivity contribution in [1.29, 1.82) is 0 Å². The average Bonchev–Trinajstić information content (AvgIpc) is 3.27. The number of rotatable bonds is 7. The molecule has 1 amide bonds. The fraction of sp³-hybridized carbons (Fsp3) is 0.429. The normalized spacial score (nSPS) is 13.8. The standard InChI is InChI=1S/C14H16ClN5O2S/c1-22-12-5-2-9(15)6-11(12)16-14(21)8-23-7-13-17-18-19-20(13)10-3-4-10/h2,5-6,10H,3-4,7-8H2,1H3,(H,16,21). The number of thioether (sulfide) groups is 1. The molecule has 0 radical (unpaired) electrons. The molecular formula is C14H16ClN5O2S. The Morgan fingerprint density at radius 1 is 1.52 bits per heavy atom. The van der Waals surface area contributed by atoms with Crippen molar-refractivity contribution in [3.63, 3.8) is 0 Å². The lowest BCUT2D eigenvalue weighted by Crippen LogP contribution is -2.15. The summed E-state index contributed by atoms with van der Waals surface area (Å²) < 4.78 is 7.06. The zero-order valence-electron chi connectivity index (χ0n) is 12.5. The second-order valence-electron chi connectivity index (χ2n) is 5.16. The van der Waals surface area contributed by atoms with Crippen LogP contribution in [-0.4, -0.2) is 39.0 Å². The van der Waals surface area contributed by atoms with Gasteiger partial charge in [0.15, 0.2) is 5.82 Å². The summed E-state index contributed by atoms with van der Waals surface area (Å²) in [5.74, 6) is 2.16. The van der Waals surface area contributed by atoms with Crippen molar-refractivity contribution in [2.24, 2.45) is 0 Å². The van der Waals surface area contributed by atoms with Gasteiger partial charge >= 0.3 is 0 Å². The van der Waals surface area contributed by atoms with Crippen LogP contribution >= 0.6 is 23.4 Å². The van der Waals surface area contributed by atoms with Crippen LogP contribution in [0.4, 0.5) is 5.69 Å². The predicted molar refractivity (Wildman–Crippen MR) is 88.9 cm³/mol. The van der Waals surface area contributed by atoms with Gasteiger partial charge in [-0.15, -0.1) is 16.9 Å². The van der Waals surface area contributed by atoms with E-state index in [9.17, 15) is 4.79 Å². The largest absolute Gasteiger partial charge is 0.495 e. The third-order valence-corrected chi connectivity index (χ3v) is 4.52. The minimum atomic E-state index is -0.124. The summed E-state index contributed by atoms with van der Waals surface area (Å²) in [4.78, 5) is 12.1. The topological polar surface area (TPSA) is 81.9 Å². The highest BCUT2D eigenvalue weighted by Crippen LogP contribution is 2.35. The summed E-state index contributed by atoms with van der Waals surface area (Å²) in [5.41, 5.74) is 0.563. The average molecular weight is 354 g/mol. The minimum absolute atomic E-state index is 0.124. The van der Waals surface area contributed by atoms with E-state index in [2.05, 4.69) is 20.8 Å². The lowest BCUT2D eigenvalue weighted by molar-refractivity contribution is -0.113. The number of nitrogens with one attached hydrogen (secondary N) is 1. The maximum Gasteiger partial charge on any atom is 0.234 e. The molecule has 0 bridgehead atoms. The second-order valence-corrected chi connectivity index (χ2v) is 6.58. The van der Waals surface area contributed by atoms with Crippen molar-refractivity contribution < 1.29 is 9.53 Å². The van der Waals surface area contributed by atoms with E-state index in [0.717, 1.165) is 18.7 Å². The number of ether oxygens (including phenoxy) is 1. The van der Waals surface area contributed by atoms with Crippen molar-refractivity contribution in [1.82, 2.24) is 20.2 Å². The molecule has 0 unspecified atom stereocenters. The van der Waals surface area contributed by atoms with Gasteiger partial charge in [-0.05, 0) is 41.5 Å². The Morgan fingerprint density at radius 2 is 2.35 bits per heavy atom. The molecule has 1 aliphatic carbocycles. The molecule has 1 heterocycles. The molecule has 0 spiro atoms. The molecule has 9 heteroatoms. The molecule has 0 saturated heterocycles. The van der Waals surface area contributed by atoms with E-state index in [-0.39, 0.29) is 5.91 Å². The molecule has 122 valence electrons. The number of methoxy groups -OCH3 is 1. The zero-order chi connectivity index (χ0) is 16.2. The van der Waals surface area contributed by atoms with Crippen molar-refractivity contribution in [3.8, 4) is 5.75 Å². The van der Waals surface area contributed by atoms with Gasteiger partial charge in [-0.3, -0.25) is 4.79 Å². The molecule has 1 aromatic heterocycles. The van der Waals surface area contributed by atoms with E-state index in [4.69, 9.17) is 16.3 Å². The summed E-state index contributed by atoms with van der Waals surface area (Å²) in [5, 5.41) is 15.0. The lowest BCUT2D eigenvalue weighted by atomic mass is 10.3. The highest BCUT2D eigenvalue weighted by molar-refractivity contribution is 7.99. The fourth-order valence-electron chi connectivity index (χ4n) is 2.11. The highest BCUT2D eigenvalue weighted by Gasteiger charge is 2.27. The molecule has 0 atom stereocenters. The number of carbonyl (C=O) groups is 1. The van der Waals surface area contributed by atoms with Crippen LogP contribution in [0.3, 0.4) is 0 Å². The number of nitrogens with zero attached hydrogens (tertiary/aromatic N) is 4. The van der Waals surface area contributed by atoms with E-state index < -0.39 is 0 Å². The summed E-state index contributed by atoms with van der Waals surface area (Å²) in [6.07, 6.45) is 2.25. The number of carbonyl (C=O) groups excluding carboxylic acids is 1. The molecular weight excluding hydrogens is 338 g/mol. The molecule has 7 nitrogen and oxygen atoms in total.